The maximum Gasteiger partial charge on any atom is 0.0789 e. The van der Waals surface area contributed by atoms with Crippen LogP contribution in [0.15, 0.2) is 0 Å². The topological polar surface area (TPSA) is 49.5 Å². The number of β-amino-alcohol motifs (C(OH)–C–C–N with tert-alkyl or cyclic N) is 1. The molecule has 1 saturated heterocycles. The van der Waals surface area contributed by atoms with Crippen molar-refractivity contribution in [1.29, 1.82) is 0 Å². The molecule has 3 N–H and O–H groups in total. The van der Waals surface area contributed by atoms with Gasteiger partial charge in [-0.15, -0.1) is 0 Å². The molecule has 0 aromatic rings. The maximum absolute atomic E-state index is 9.42. The molecular formula is C10H22N2O. The first-order valence-corrected chi connectivity index (χ1v) is 5.22. The Hall–Kier alpha value is -0.120. The molecule has 1 rings (SSSR count). The van der Waals surface area contributed by atoms with Crippen molar-refractivity contribution in [2.45, 2.75) is 26.4 Å². The van der Waals surface area contributed by atoms with Gasteiger partial charge in [-0.25, -0.2) is 0 Å². The van der Waals surface area contributed by atoms with Crippen molar-refractivity contribution in [3.8, 4) is 0 Å². The molecule has 3 heteroatoms. The van der Waals surface area contributed by atoms with Crippen molar-refractivity contribution in [3.05, 3.63) is 0 Å². The van der Waals surface area contributed by atoms with Crippen LogP contribution in [-0.4, -0.2) is 42.3 Å². The van der Waals surface area contributed by atoms with Crippen LogP contribution in [0.2, 0.25) is 0 Å². The molecule has 0 bridgehead atoms. The van der Waals surface area contributed by atoms with Crippen molar-refractivity contribution >= 4 is 0 Å². The van der Waals surface area contributed by atoms with E-state index in [0.29, 0.717) is 6.54 Å². The van der Waals surface area contributed by atoms with Gasteiger partial charge < -0.3 is 15.7 Å². The second kappa shape index (κ2) is 4.94. The van der Waals surface area contributed by atoms with Crippen LogP contribution in [0.1, 0.15) is 20.3 Å². The Bertz CT molecular complexity index is 142. The predicted molar refractivity (Wildman–Crippen MR) is 54.4 cm³/mol. The van der Waals surface area contributed by atoms with Gasteiger partial charge in [0.05, 0.1) is 6.10 Å². The standard InChI is InChI=1S/C10H22N2O/c1-8-3-9(2)6-12(5-8)7-10(13)4-11/h8-10,13H,3-7,11H2,1-2H3/t8?,9?,10-/m0/s1. The van der Waals surface area contributed by atoms with Crippen molar-refractivity contribution in [3.63, 3.8) is 0 Å². The van der Waals surface area contributed by atoms with Crippen LogP contribution in [0.3, 0.4) is 0 Å². The number of aliphatic hydroxyl groups excluding tert-OH is 1. The minimum absolute atomic E-state index is 0.350. The number of aliphatic hydroxyl groups is 1. The van der Waals surface area contributed by atoms with Gasteiger partial charge in [-0.1, -0.05) is 13.8 Å². The Balaban J connectivity index is 2.32. The van der Waals surface area contributed by atoms with Crippen LogP contribution in [0.25, 0.3) is 0 Å². The third-order valence-corrected chi connectivity index (χ3v) is 2.69. The smallest absolute Gasteiger partial charge is 0.0789 e. The molecule has 1 aliphatic heterocycles. The Morgan fingerprint density at radius 1 is 1.38 bits per heavy atom. The van der Waals surface area contributed by atoms with E-state index in [0.717, 1.165) is 31.5 Å². The molecule has 0 radical (unpaired) electrons. The summed E-state index contributed by atoms with van der Waals surface area (Å²) in [7, 11) is 0. The highest BCUT2D eigenvalue weighted by Crippen LogP contribution is 2.20. The second-order valence-electron chi connectivity index (χ2n) is 4.55. The van der Waals surface area contributed by atoms with Gasteiger partial charge in [-0.3, -0.25) is 0 Å². The lowest BCUT2D eigenvalue weighted by atomic mass is 9.92. The average Bonchev–Trinajstić information content (AvgIpc) is 2.02. The molecule has 1 fully saturated rings. The summed E-state index contributed by atoms with van der Waals surface area (Å²) in [6.45, 7) is 7.89. The molecule has 1 aliphatic rings. The normalized spacial score (nSPS) is 33.2. The first-order chi connectivity index (χ1) is 6.11. The summed E-state index contributed by atoms with van der Waals surface area (Å²) in [5.41, 5.74) is 5.38. The SMILES string of the molecule is CC1CC(C)CN(C[C@@H](O)CN)C1. The maximum atomic E-state index is 9.42. The zero-order chi connectivity index (χ0) is 9.84. The summed E-state index contributed by atoms with van der Waals surface area (Å²) in [4.78, 5) is 2.33. The zero-order valence-electron chi connectivity index (χ0n) is 8.74. The van der Waals surface area contributed by atoms with E-state index in [1.54, 1.807) is 0 Å². The first-order valence-electron chi connectivity index (χ1n) is 5.22. The molecule has 3 nitrogen and oxygen atoms in total. The molecule has 78 valence electrons. The largest absolute Gasteiger partial charge is 0.390 e. The fraction of sp³-hybridized carbons (Fsp3) is 1.00. The van der Waals surface area contributed by atoms with E-state index in [9.17, 15) is 5.11 Å². The van der Waals surface area contributed by atoms with Crippen LogP contribution in [0.4, 0.5) is 0 Å². The fourth-order valence-electron chi connectivity index (χ4n) is 2.31. The highest BCUT2D eigenvalue weighted by atomic mass is 16.3. The summed E-state index contributed by atoms with van der Waals surface area (Å²) in [6, 6.07) is 0. The summed E-state index contributed by atoms with van der Waals surface area (Å²) in [6.07, 6.45) is 0.965. The van der Waals surface area contributed by atoms with Gasteiger partial charge in [0.25, 0.3) is 0 Å². The van der Waals surface area contributed by atoms with Gasteiger partial charge in [0.2, 0.25) is 0 Å². The van der Waals surface area contributed by atoms with Crippen molar-refractivity contribution in [1.82, 2.24) is 4.90 Å². The van der Waals surface area contributed by atoms with E-state index >= 15 is 0 Å². The summed E-state index contributed by atoms with van der Waals surface area (Å²) in [5.74, 6) is 1.52. The molecule has 3 atom stereocenters. The van der Waals surface area contributed by atoms with E-state index in [1.807, 2.05) is 0 Å². The quantitative estimate of drug-likeness (QED) is 0.666. The average molecular weight is 186 g/mol. The zero-order valence-corrected chi connectivity index (χ0v) is 8.74. The number of piperidine rings is 1. The van der Waals surface area contributed by atoms with Crippen LogP contribution in [0, 0.1) is 11.8 Å². The fourth-order valence-corrected chi connectivity index (χ4v) is 2.31. The molecule has 0 spiro atoms. The molecule has 13 heavy (non-hydrogen) atoms. The van der Waals surface area contributed by atoms with Crippen molar-refractivity contribution < 1.29 is 5.11 Å². The number of nitrogens with two attached hydrogens (primary N) is 1. The van der Waals surface area contributed by atoms with Gasteiger partial charge in [-0.05, 0) is 18.3 Å². The third-order valence-electron chi connectivity index (χ3n) is 2.69. The molecule has 0 aliphatic carbocycles. The van der Waals surface area contributed by atoms with Gasteiger partial charge in [0.15, 0.2) is 0 Å². The second-order valence-corrected chi connectivity index (χ2v) is 4.55. The van der Waals surface area contributed by atoms with Crippen LogP contribution < -0.4 is 5.73 Å². The highest BCUT2D eigenvalue weighted by Gasteiger charge is 2.22. The Kier molecular flexibility index (Phi) is 4.16. The van der Waals surface area contributed by atoms with Crippen LogP contribution in [-0.2, 0) is 0 Å². The van der Waals surface area contributed by atoms with Gasteiger partial charge in [-0.2, -0.15) is 0 Å². The minimum atomic E-state index is -0.350. The highest BCUT2D eigenvalue weighted by molar-refractivity contribution is 4.76. The summed E-state index contributed by atoms with van der Waals surface area (Å²) >= 11 is 0. The van der Waals surface area contributed by atoms with E-state index in [2.05, 4.69) is 18.7 Å². The lowest BCUT2D eigenvalue weighted by Gasteiger charge is -2.35. The molecule has 0 aromatic carbocycles. The number of rotatable bonds is 3. The van der Waals surface area contributed by atoms with E-state index in [4.69, 9.17) is 5.73 Å². The third kappa shape index (κ3) is 3.63. The van der Waals surface area contributed by atoms with E-state index in [1.165, 1.54) is 6.42 Å². The van der Waals surface area contributed by atoms with Gasteiger partial charge in [0.1, 0.15) is 0 Å². The lowest BCUT2D eigenvalue weighted by Crippen LogP contribution is -2.44. The van der Waals surface area contributed by atoms with E-state index in [-0.39, 0.29) is 6.10 Å². The molecule has 1 heterocycles. The van der Waals surface area contributed by atoms with Crippen LogP contribution >= 0.6 is 0 Å². The Morgan fingerprint density at radius 3 is 2.38 bits per heavy atom. The molecule has 0 aromatic heterocycles. The lowest BCUT2D eigenvalue weighted by molar-refractivity contribution is 0.0742. The number of hydrogen-bond donors (Lipinski definition) is 2. The monoisotopic (exact) mass is 186 g/mol. The van der Waals surface area contributed by atoms with Crippen molar-refractivity contribution in [2.24, 2.45) is 17.6 Å². The molecule has 2 unspecified atom stereocenters. The number of likely N-dealkylation sites (tertiary alicyclic amines) is 1. The Labute approximate surface area is 80.9 Å². The molecule has 0 saturated carbocycles. The minimum Gasteiger partial charge on any atom is -0.390 e. The van der Waals surface area contributed by atoms with Crippen LogP contribution in [0.5, 0.6) is 0 Å². The first kappa shape index (κ1) is 11.0. The molecule has 0 amide bonds. The van der Waals surface area contributed by atoms with Crippen molar-refractivity contribution in [2.75, 3.05) is 26.2 Å². The number of hydrogen-bond acceptors (Lipinski definition) is 3. The van der Waals surface area contributed by atoms with Gasteiger partial charge in [0, 0.05) is 26.2 Å². The van der Waals surface area contributed by atoms with Gasteiger partial charge >= 0.3 is 0 Å². The predicted octanol–water partition coefficient (Wildman–Crippen LogP) is 0.284. The molecular weight excluding hydrogens is 164 g/mol. The van der Waals surface area contributed by atoms with E-state index < -0.39 is 0 Å². The number of nitrogens with zero attached hydrogens (tertiary/aromatic N) is 1. The summed E-state index contributed by atoms with van der Waals surface area (Å²) < 4.78 is 0. The Morgan fingerprint density at radius 2 is 1.92 bits per heavy atom. The summed E-state index contributed by atoms with van der Waals surface area (Å²) in [5, 5.41) is 9.42.